The molecule has 0 bridgehead atoms. The van der Waals surface area contributed by atoms with E-state index in [0.29, 0.717) is 12.8 Å². The van der Waals surface area contributed by atoms with E-state index in [0.717, 1.165) is 19.3 Å². The Bertz CT molecular complexity index is 586. The van der Waals surface area contributed by atoms with Crippen molar-refractivity contribution in [3.05, 3.63) is 28.0 Å². The van der Waals surface area contributed by atoms with Crippen molar-refractivity contribution in [3.63, 3.8) is 0 Å². The zero-order chi connectivity index (χ0) is 15.4. The summed E-state index contributed by atoms with van der Waals surface area (Å²) >= 11 is 3.06. The third-order valence-corrected chi connectivity index (χ3v) is 4.65. The number of carbonyl (C=O) groups is 1. The van der Waals surface area contributed by atoms with E-state index in [9.17, 15) is 14.3 Å². The van der Waals surface area contributed by atoms with Crippen molar-refractivity contribution in [1.82, 2.24) is 0 Å². The summed E-state index contributed by atoms with van der Waals surface area (Å²) in [5.41, 5.74) is 0.452. The zero-order valence-corrected chi connectivity index (χ0v) is 13.0. The number of nitriles is 1. The zero-order valence-electron chi connectivity index (χ0n) is 11.4. The van der Waals surface area contributed by atoms with Crippen LogP contribution in [0.3, 0.4) is 0 Å². The van der Waals surface area contributed by atoms with Crippen LogP contribution in [0.25, 0.3) is 0 Å². The molecule has 0 radical (unpaired) electrons. The SMILES string of the molecule is N#Cc1ccc(NC2CCCCCC2C(=O)O)c(F)c1Br. The molecule has 1 aliphatic carbocycles. The van der Waals surface area contributed by atoms with Crippen molar-refractivity contribution in [2.75, 3.05) is 5.32 Å². The van der Waals surface area contributed by atoms with E-state index < -0.39 is 17.7 Å². The van der Waals surface area contributed by atoms with E-state index >= 15 is 0 Å². The maximum absolute atomic E-state index is 14.2. The second-order valence-electron chi connectivity index (χ2n) is 5.23. The fourth-order valence-electron chi connectivity index (χ4n) is 2.72. The molecule has 2 rings (SSSR count). The van der Waals surface area contributed by atoms with Crippen molar-refractivity contribution in [3.8, 4) is 6.07 Å². The largest absolute Gasteiger partial charge is 0.481 e. The first-order valence-corrected chi connectivity index (χ1v) is 7.71. The average Bonchev–Trinajstić information content (AvgIpc) is 2.69. The number of nitrogens with zero attached hydrogens (tertiary/aromatic N) is 1. The summed E-state index contributed by atoms with van der Waals surface area (Å²) in [5, 5.41) is 21.2. The summed E-state index contributed by atoms with van der Waals surface area (Å²) in [6, 6.07) is 4.61. The summed E-state index contributed by atoms with van der Waals surface area (Å²) < 4.78 is 14.3. The molecule has 1 aromatic rings. The molecule has 1 aliphatic rings. The molecule has 6 heteroatoms. The predicted molar refractivity (Wildman–Crippen MR) is 80.4 cm³/mol. The Morgan fingerprint density at radius 1 is 1.38 bits per heavy atom. The smallest absolute Gasteiger partial charge is 0.308 e. The Morgan fingerprint density at radius 3 is 2.76 bits per heavy atom. The maximum atomic E-state index is 14.2. The maximum Gasteiger partial charge on any atom is 0.308 e. The van der Waals surface area contributed by atoms with Crippen LogP contribution < -0.4 is 5.32 Å². The highest BCUT2D eigenvalue weighted by Crippen LogP contribution is 2.31. The van der Waals surface area contributed by atoms with Gasteiger partial charge in [0, 0.05) is 6.04 Å². The lowest BCUT2D eigenvalue weighted by Gasteiger charge is -2.24. The number of hydrogen-bond acceptors (Lipinski definition) is 3. The van der Waals surface area contributed by atoms with Crippen LogP contribution in [0.15, 0.2) is 16.6 Å². The Balaban J connectivity index is 2.25. The monoisotopic (exact) mass is 354 g/mol. The van der Waals surface area contributed by atoms with E-state index in [1.54, 1.807) is 0 Å². The van der Waals surface area contributed by atoms with Crippen LogP contribution in [-0.4, -0.2) is 17.1 Å². The van der Waals surface area contributed by atoms with Crippen LogP contribution in [-0.2, 0) is 4.79 Å². The van der Waals surface area contributed by atoms with Crippen molar-refractivity contribution >= 4 is 27.6 Å². The molecule has 0 aromatic heterocycles. The number of benzene rings is 1. The van der Waals surface area contributed by atoms with Gasteiger partial charge in [-0.1, -0.05) is 19.3 Å². The van der Waals surface area contributed by atoms with Crippen molar-refractivity contribution in [2.45, 2.75) is 38.1 Å². The van der Waals surface area contributed by atoms with E-state index in [1.807, 2.05) is 6.07 Å². The van der Waals surface area contributed by atoms with Gasteiger partial charge in [-0.05, 0) is 40.9 Å². The topological polar surface area (TPSA) is 73.1 Å². The van der Waals surface area contributed by atoms with Crippen LogP contribution in [0.5, 0.6) is 0 Å². The van der Waals surface area contributed by atoms with Crippen LogP contribution in [0.1, 0.15) is 37.7 Å². The number of anilines is 1. The predicted octanol–water partition coefficient (Wildman–Crippen LogP) is 3.91. The van der Waals surface area contributed by atoms with Gasteiger partial charge >= 0.3 is 5.97 Å². The minimum atomic E-state index is -0.845. The molecule has 2 N–H and O–H groups in total. The van der Waals surface area contributed by atoms with E-state index in [4.69, 9.17) is 5.26 Å². The van der Waals surface area contributed by atoms with E-state index in [1.165, 1.54) is 12.1 Å². The van der Waals surface area contributed by atoms with Gasteiger partial charge in [0.25, 0.3) is 0 Å². The lowest BCUT2D eigenvalue weighted by molar-refractivity contribution is -0.142. The standard InChI is InChI=1S/C15H16BrFN2O2/c16-13-9(8-18)6-7-12(14(13)17)19-11-5-3-1-2-4-10(11)15(20)21/h6-7,10-11,19H,1-5H2,(H,20,21). The van der Waals surface area contributed by atoms with Gasteiger partial charge in [0.05, 0.1) is 21.6 Å². The number of carboxylic acids is 1. The van der Waals surface area contributed by atoms with Gasteiger partial charge in [0.1, 0.15) is 6.07 Å². The number of nitrogens with one attached hydrogen (secondary N) is 1. The highest BCUT2D eigenvalue weighted by molar-refractivity contribution is 9.10. The summed E-state index contributed by atoms with van der Waals surface area (Å²) in [4.78, 5) is 11.4. The van der Waals surface area contributed by atoms with Crippen molar-refractivity contribution in [2.24, 2.45) is 5.92 Å². The third-order valence-electron chi connectivity index (χ3n) is 3.88. The molecular weight excluding hydrogens is 339 g/mol. The number of rotatable bonds is 3. The summed E-state index contributed by atoms with van der Waals surface area (Å²) in [7, 11) is 0. The van der Waals surface area contributed by atoms with Gasteiger partial charge in [-0.3, -0.25) is 4.79 Å². The number of halogens is 2. The van der Waals surface area contributed by atoms with Gasteiger partial charge in [0.2, 0.25) is 0 Å². The highest BCUT2D eigenvalue weighted by atomic mass is 79.9. The van der Waals surface area contributed by atoms with Gasteiger partial charge < -0.3 is 10.4 Å². The van der Waals surface area contributed by atoms with Gasteiger partial charge in [-0.25, -0.2) is 4.39 Å². The quantitative estimate of drug-likeness (QED) is 0.807. The van der Waals surface area contributed by atoms with Crippen LogP contribution >= 0.6 is 15.9 Å². The Labute approximate surface area is 131 Å². The molecule has 0 amide bonds. The highest BCUT2D eigenvalue weighted by Gasteiger charge is 2.30. The summed E-state index contributed by atoms with van der Waals surface area (Å²) in [5.74, 6) is -1.91. The molecule has 0 heterocycles. The fourth-order valence-corrected chi connectivity index (χ4v) is 3.16. The minimum Gasteiger partial charge on any atom is -0.481 e. The molecule has 1 saturated carbocycles. The second kappa shape index (κ2) is 6.90. The molecule has 0 aliphatic heterocycles. The fraction of sp³-hybridized carbons (Fsp3) is 0.467. The van der Waals surface area contributed by atoms with Gasteiger partial charge in [-0.15, -0.1) is 0 Å². The average molecular weight is 355 g/mol. The van der Waals surface area contributed by atoms with Crippen molar-refractivity contribution < 1.29 is 14.3 Å². The molecule has 4 nitrogen and oxygen atoms in total. The van der Waals surface area contributed by atoms with Crippen LogP contribution in [0.2, 0.25) is 0 Å². The Kier molecular flexibility index (Phi) is 5.18. The van der Waals surface area contributed by atoms with Gasteiger partial charge in [-0.2, -0.15) is 5.26 Å². The molecule has 0 saturated heterocycles. The molecule has 2 unspecified atom stereocenters. The van der Waals surface area contributed by atoms with Crippen LogP contribution in [0.4, 0.5) is 10.1 Å². The number of carboxylic acid groups (broad SMARTS) is 1. The van der Waals surface area contributed by atoms with Crippen LogP contribution in [0, 0.1) is 23.1 Å². The van der Waals surface area contributed by atoms with E-state index in [-0.39, 0.29) is 21.8 Å². The molecule has 112 valence electrons. The first kappa shape index (κ1) is 15.8. The Hall–Kier alpha value is -1.61. The van der Waals surface area contributed by atoms with Gasteiger partial charge in [0.15, 0.2) is 5.82 Å². The number of hydrogen-bond donors (Lipinski definition) is 2. The number of aliphatic carboxylic acids is 1. The van der Waals surface area contributed by atoms with Crippen molar-refractivity contribution in [1.29, 1.82) is 5.26 Å². The molecule has 1 fully saturated rings. The third kappa shape index (κ3) is 3.53. The minimum absolute atomic E-state index is 0.107. The second-order valence-corrected chi connectivity index (χ2v) is 6.03. The molecule has 1 aromatic carbocycles. The summed E-state index contributed by atoms with van der Waals surface area (Å²) in [6.45, 7) is 0. The summed E-state index contributed by atoms with van der Waals surface area (Å²) in [6.07, 6.45) is 4.12. The van der Waals surface area contributed by atoms with E-state index in [2.05, 4.69) is 21.2 Å². The first-order chi connectivity index (χ1) is 10.0. The molecule has 0 spiro atoms. The molecule has 21 heavy (non-hydrogen) atoms. The normalized spacial score (nSPS) is 22.1. The lowest BCUT2D eigenvalue weighted by atomic mass is 9.94. The first-order valence-electron chi connectivity index (χ1n) is 6.92. The lowest BCUT2D eigenvalue weighted by Crippen LogP contribution is -2.34. The molecule has 2 atom stereocenters. The Morgan fingerprint density at radius 2 is 2.10 bits per heavy atom. The molecular formula is C15H16BrFN2O2.